The van der Waals surface area contributed by atoms with Gasteiger partial charge in [-0.1, -0.05) is 29.3 Å². The third-order valence-corrected chi connectivity index (χ3v) is 5.32. The van der Waals surface area contributed by atoms with Crippen LogP contribution >= 0.6 is 35.6 Å². The fraction of sp³-hybridized carbons (Fsp3) is 0.600. The van der Waals surface area contributed by atoms with Gasteiger partial charge in [-0.2, -0.15) is 0 Å². The van der Waals surface area contributed by atoms with Crippen molar-refractivity contribution >= 4 is 35.6 Å². The second kappa shape index (κ2) is 8.13. The van der Waals surface area contributed by atoms with E-state index >= 15 is 0 Å². The van der Waals surface area contributed by atoms with E-state index in [0.29, 0.717) is 11.1 Å². The zero-order chi connectivity index (χ0) is 14.8. The number of rotatable bonds is 3. The van der Waals surface area contributed by atoms with Gasteiger partial charge in [0.1, 0.15) is 5.82 Å². The lowest BCUT2D eigenvalue weighted by molar-refractivity contribution is 0.170. The van der Waals surface area contributed by atoms with Gasteiger partial charge >= 0.3 is 0 Å². The Kier molecular flexibility index (Phi) is 6.74. The molecule has 2 aliphatic heterocycles. The molecule has 0 aromatic heterocycles. The van der Waals surface area contributed by atoms with Crippen molar-refractivity contribution in [2.24, 2.45) is 0 Å². The largest absolute Gasteiger partial charge is 0.314 e. The molecule has 0 spiro atoms. The standard InChI is InChI=1S/C15H20Cl2FN3.ClH/c16-14-11(1-2-13(18)15(14)17)9-20-6-3-12(10-20)21-7-4-19-5-8-21;/h1-2,12,19H,3-10H2;1H. The highest BCUT2D eigenvalue weighted by atomic mass is 35.5. The molecule has 2 heterocycles. The molecule has 2 saturated heterocycles. The number of piperazine rings is 1. The number of halogens is 4. The number of nitrogens with one attached hydrogen (secondary N) is 1. The van der Waals surface area contributed by atoms with Gasteiger partial charge in [0.2, 0.25) is 0 Å². The number of likely N-dealkylation sites (tertiary alicyclic amines) is 1. The van der Waals surface area contributed by atoms with E-state index in [1.54, 1.807) is 6.07 Å². The molecule has 1 aromatic carbocycles. The van der Waals surface area contributed by atoms with Crippen LogP contribution in [0.4, 0.5) is 4.39 Å². The fourth-order valence-electron chi connectivity index (χ4n) is 3.23. The molecule has 1 unspecified atom stereocenters. The Bertz CT molecular complexity index is 509. The second-order valence-corrected chi connectivity index (χ2v) is 6.55. The number of nitrogens with zero attached hydrogens (tertiary/aromatic N) is 2. The van der Waals surface area contributed by atoms with Gasteiger partial charge in [0.15, 0.2) is 0 Å². The van der Waals surface area contributed by atoms with Gasteiger partial charge < -0.3 is 5.32 Å². The Hall–Kier alpha value is -0.100. The summed E-state index contributed by atoms with van der Waals surface area (Å²) in [7, 11) is 0. The highest BCUT2D eigenvalue weighted by Crippen LogP contribution is 2.30. The number of benzene rings is 1. The van der Waals surface area contributed by atoms with E-state index in [-0.39, 0.29) is 17.4 Å². The van der Waals surface area contributed by atoms with Crippen LogP contribution in [0, 0.1) is 5.82 Å². The Labute approximate surface area is 147 Å². The van der Waals surface area contributed by atoms with E-state index in [0.717, 1.165) is 51.4 Å². The topological polar surface area (TPSA) is 18.5 Å². The van der Waals surface area contributed by atoms with Crippen LogP contribution in [0.3, 0.4) is 0 Å². The third kappa shape index (κ3) is 4.05. The molecule has 0 aliphatic carbocycles. The van der Waals surface area contributed by atoms with Crippen molar-refractivity contribution in [2.45, 2.75) is 19.0 Å². The molecule has 2 fully saturated rings. The van der Waals surface area contributed by atoms with Crippen molar-refractivity contribution in [3.8, 4) is 0 Å². The summed E-state index contributed by atoms with van der Waals surface area (Å²) in [4.78, 5) is 4.94. The van der Waals surface area contributed by atoms with Crippen LogP contribution in [0.25, 0.3) is 0 Å². The van der Waals surface area contributed by atoms with Crippen LogP contribution in [0.2, 0.25) is 10.0 Å². The van der Waals surface area contributed by atoms with E-state index in [1.807, 2.05) is 0 Å². The maximum atomic E-state index is 13.3. The Morgan fingerprint density at radius 3 is 2.59 bits per heavy atom. The zero-order valence-corrected chi connectivity index (χ0v) is 14.7. The maximum Gasteiger partial charge on any atom is 0.143 e. The summed E-state index contributed by atoms with van der Waals surface area (Å²) >= 11 is 12.0. The SMILES string of the molecule is Cl.Fc1ccc(CN2CCC(N3CCNCC3)C2)c(Cl)c1Cl. The minimum atomic E-state index is -0.453. The summed E-state index contributed by atoms with van der Waals surface area (Å²) in [5.74, 6) is -0.453. The van der Waals surface area contributed by atoms with Crippen molar-refractivity contribution < 1.29 is 4.39 Å². The van der Waals surface area contributed by atoms with Gasteiger partial charge in [-0.3, -0.25) is 9.80 Å². The molecule has 7 heteroatoms. The lowest BCUT2D eigenvalue weighted by atomic mass is 10.2. The van der Waals surface area contributed by atoms with E-state index in [9.17, 15) is 4.39 Å². The molecule has 2 aliphatic rings. The molecule has 1 aromatic rings. The van der Waals surface area contributed by atoms with Gasteiger partial charge in [0.25, 0.3) is 0 Å². The van der Waals surface area contributed by atoms with Crippen LogP contribution in [-0.2, 0) is 6.54 Å². The normalized spacial score (nSPS) is 23.5. The summed E-state index contributed by atoms with van der Waals surface area (Å²) in [6.07, 6.45) is 1.19. The molecular weight excluding hydrogens is 348 g/mol. The molecule has 0 bridgehead atoms. The van der Waals surface area contributed by atoms with Crippen molar-refractivity contribution in [2.75, 3.05) is 39.3 Å². The highest BCUT2D eigenvalue weighted by molar-refractivity contribution is 6.42. The first-order valence-corrected chi connectivity index (χ1v) is 8.20. The van der Waals surface area contributed by atoms with Gasteiger partial charge in [0.05, 0.1) is 10.0 Å². The molecule has 0 amide bonds. The molecule has 0 radical (unpaired) electrons. The van der Waals surface area contributed by atoms with Crippen molar-refractivity contribution in [3.05, 3.63) is 33.6 Å². The lowest BCUT2D eigenvalue weighted by Gasteiger charge is -2.32. The molecule has 0 saturated carbocycles. The average Bonchev–Trinajstić information content (AvgIpc) is 2.97. The van der Waals surface area contributed by atoms with Crippen LogP contribution < -0.4 is 5.32 Å². The minimum absolute atomic E-state index is 0. The monoisotopic (exact) mass is 367 g/mol. The van der Waals surface area contributed by atoms with Gasteiger partial charge in [-0.25, -0.2) is 4.39 Å². The molecule has 1 N–H and O–H groups in total. The summed E-state index contributed by atoms with van der Waals surface area (Å²) in [6.45, 7) is 7.25. The minimum Gasteiger partial charge on any atom is -0.314 e. The molecule has 3 nitrogen and oxygen atoms in total. The predicted octanol–water partition coefficient (Wildman–Crippen LogP) is 3.03. The van der Waals surface area contributed by atoms with Crippen LogP contribution in [0.5, 0.6) is 0 Å². The summed E-state index contributed by atoms with van der Waals surface area (Å²) < 4.78 is 13.3. The van der Waals surface area contributed by atoms with Gasteiger partial charge in [-0.15, -0.1) is 12.4 Å². The average molecular weight is 369 g/mol. The second-order valence-electron chi connectivity index (χ2n) is 5.80. The predicted molar refractivity (Wildman–Crippen MR) is 91.8 cm³/mol. The van der Waals surface area contributed by atoms with Crippen LogP contribution in [0.15, 0.2) is 12.1 Å². The summed E-state index contributed by atoms with van der Waals surface area (Å²) in [5.41, 5.74) is 0.907. The molecule has 22 heavy (non-hydrogen) atoms. The summed E-state index contributed by atoms with van der Waals surface area (Å²) in [5, 5.41) is 3.77. The molecular formula is C15H21Cl3FN3. The van der Waals surface area contributed by atoms with Gasteiger partial charge in [0, 0.05) is 51.9 Å². The van der Waals surface area contributed by atoms with Crippen LogP contribution in [0.1, 0.15) is 12.0 Å². The van der Waals surface area contributed by atoms with Gasteiger partial charge in [-0.05, 0) is 18.1 Å². The first kappa shape index (κ1) is 18.2. The maximum absolute atomic E-state index is 13.3. The van der Waals surface area contributed by atoms with Crippen molar-refractivity contribution in [1.82, 2.24) is 15.1 Å². The Balaban J connectivity index is 0.00000176. The first-order chi connectivity index (χ1) is 10.1. The lowest BCUT2D eigenvalue weighted by Crippen LogP contribution is -2.49. The van der Waals surface area contributed by atoms with E-state index < -0.39 is 5.82 Å². The molecule has 3 rings (SSSR count). The van der Waals surface area contributed by atoms with Crippen molar-refractivity contribution in [1.29, 1.82) is 0 Å². The quantitative estimate of drug-likeness (QED) is 0.827. The van der Waals surface area contributed by atoms with Crippen LogP contribution in [-0.4, -0.2) is 55.1 Å². The molecule has 1 atom stereocenters. The fourth-order valence-corrected chi connectivity index (χ4v) is 3.63. The Morgan fingerprint density at radius 2 is 1.86 bits per heavy atom. The van der Waals surface area contributed by atoms with E-state index in [4.69, 9.17) is 23.2 Å². The van der Waals surface area contributed by atoms with E-state index in [1.165, 1.54) is 12.5 Å². The zero-order valence-electron chi connectivity index (χ0n) is 12.3. The number of hydrogen-bond donors (Lipinski definition) is 1. The summed E-state index contributed by atoms with van der Waals surface area (Å²) in [6, 6.07) is 3.76. The highest BCUT2D eigenvalue weighted by Gasteiger charge is 2.28. The Morgan fingerprint density at radius 1 is 1.14 bits per heavy atom. The number of hydrogen-bond acceptors (Lipinski definition) is 3. The van der Waals surface area contributed by atoms with Crippen molar-refractivity contribution in [3.63, 3.8) is 0 Å². The third-order valence-electron chi connectivity index (χ3n) is 4.42. The smallest absolute Gasteiger partial charge is 0.143 e. The first-order valence-electron chi connectivity index (χ1n) is 7.44. The molecule has 124 valence electrons. The van der Waals surface area contributed by atoms with E-state index in [2.05, 4.69) is 15.1 Å².